The van der Waals surface area contributed by atoms with Gasteiger partial charge in [-0.3, -0.25) is 0 Å². The third-order valence-electron chi connectivity index (χ3n) is 3.85. The summed E-state index contributed by atoms with van der Waals surface area (Å²) in [6.45, 7) is -0.132. The van der Waals surface area contributed by atoms with Crippen molar-refractivity contribution in [2.45, 2.75) is 11.5 Å². The van der Waals surface area contributed by atoms with E-state index in [1.165, 1.54) is 19.2 Å². The van der Waals surface area contributed by atoms with Gasteiger partial charge in [0, 0.05) is 17.9 Å². The Hall–Kier alpha value is -2.84. The smallest absolute Gasteiger partial charge is 0.339 e. The molecule has 3 rings (SSSR count). The molecule has 0 radical (unpaired) electrons. The van der Waals surface area contributed by atoms with Crippen molar-refractivity contribution >= 4 is 27.4 Å². The van der Waals surface area contributed by atoms with Gasteiger partial charge >= 0.3 is 5.97 Å². The van der Waals surface area contributed by atoms with Crippen LogP contribution in [0.5, 0.6) is 5.75 Å². The number of esters is 1. The van der Waals surface area contributed by atoms with Crippen LogP contribution in [-0.4, -0.2) is 32.9 Å². The molecule has 1 aromatic heterocycles. The number of rotatable bonds is 6. The Kier molecular flexibility index (Phi) is 5.71. The van der Waals surface area contributed by atoms with E-state index in [2.05, 4.69) is 9.89 Å². The molecule has 0 saturated heterocycles. The van der Waals surface area contributed by atoms with Crippen LogP contribution >= 0.6 is 11.6 Å². The van der Waals surface area contributed by atoms with Gasteiger partial charge in [-0.1, -0.05) is 47.1 Å². The van der Waals surface area contributed by atoms with Crippen molar-refractivity contribution in [2.75, 3.05) is 13.4 Å². The predicted octanol–water partition coefficient (Wildman–Crippen LogP) is 3.76. The topological polar surface area (TPSA) is 95.7 Å². The standard InChI is InChI=1S/C19H16ClNO6S/c1-25-19(22)14-8-9-16(28(2,23)24)18(17(14)20)26-11-13-10-15(21-27-13)12-6-4-3-5-7-12/h3-10H,11H2,1-2H3. The molecular weight excluding hydrogens is 406 g/mol. The minimum atomic E-state index is -3.66. The van der Waals surface area contributed by atoms with Gasteiger partial charge < -0.3 is 14.0 Å². The van der Waals surface area contributed by atoms with Crippen LogP contribution in [-0.2, 0) is 21.2 Å². The predicted molar refractivity (Wildman–Crippen MR) is 102 cm³/mol. The summed E-state index contributed by atoms with van der Waals surface area (Å²) in [7, 11) is -2.46. The number of halogens is 1. The highest BCUT2D eigenvalue weighted by molar-refractivity contribution is 7.90. The SMILES string of the molecule is COC(=O)c1ccc(S(C)(=O)=O)c(OCc2cc(-c3ccccc3)no2)c1Cl. The van der Waals surface area contributed by atoms with E-state index in [-0.39, 0.29) is 27.8 Å². The van der Waals surface area contributed by atoms with Crippen LogP contribution in [0.1, 0.15) is 16.1 Å². The summed E-state index contributed by atoms with van der Waals surface area (Å²) in [6, 6.07) is 13.6. The summed E-state index contributed by atoms with van der Waals surface area (Å²) in [5, 5.41) is 3.82. The average molecular weight is 422 g/mol. The second kappa shape index (κ2) is 8.04. The van der Waals surface area contributed by atoms with Crippen molar-refractivity contribution in [1.82, 2.24) is 5.16 Å². The highest BCUT2D eigenvalue weighted by Gasteiger charge is 2.24. The minimum Gasteiger partial charge on any atom is -0.483 e. The number of hydrogen-bond acceptors (Lipinski definition) is 7. The number of carbonyl (C=O) groups excluding carboxylic acids is 1. The fraction of sp³-hybridized carbons (Fsp3) is 0.158. The molecule has 28 heavy (non-hydrogen) atoms. The number of carbonyl (C=O) groups is 1. The third-order valence-corrected chi connectivity index (χ3v) is 5.35. The van der Waals surface area contributed by atoms with E-state index in [4.69, 9.17) is 20.9 Å². The van der Waals surface area contributed by atoms with Crippen LogP contribution < -0.4 is 4.74 Å². The number of nitrogens with zero attached hydrogens (tertiary/aromatic N) is 1. The minimum absolute atomic E-state index is 0.00545. The van der Waals surface area contributed by atoms with Crippen molar-refractivity contribution in [3.8, 4) is 17.0 Å². The zero-order valence-electron chi connectivity index (χ0n) is 15.0. The molecule has 3 aromatic rings. The largest absolute Gasteiger partial charge is 0.483 e. The van der Waals surface area contributed by atoms with Crippen molar-refractivity contribution < 1.29 is 27.2 Å². The summed E-state index contributed by atoms with van der Waals surface area (Å²) < 4.78 is 39.6. The summed E-state index contributed by atoms with van der Waals surface area (Å²) >= 11 is 6.22. The van der Waals surface area contributed by atoms with E-state index in [1.807, 2.05) is 30.3 Å². The fourth-order valence-corrected chi connectivity index (χ4v) is 3.67. The normalized spacial score (nSPS) is 11.2. The molecule has 0 fully saturated rings. The Bertz CT molecular complexity index is 1110. The van der Waals surface area contributed by atoms with Crippen LogP contribution in [0.2, 0.25) is 5.02 Å². The van der Waals surface area contributed by atoms with Gasteiger partial charge in [0.15, 0.2) is 21.3 Å². The molecule has 0 aliphatic heterocycles. The van der Waals surface area contributed by atoms with Crippen molar-refractivity contribution in [1.29, 1.82) is 0 Å². The first-order chi connectivity index (χ1) is 13.3. The van der Waals surface area contributed by atoms with E-state index < -0.39 is 15.8 Å². The second-order valence-corrected chi connectivity index (χ2v) is 8.21. The maximum absolute atomic E-state index is 12.1. The summed E-state index contributed by atoms with van der Waals surface area (Å²) in [5.41, 5.74) is 1.46. The molecule has 1 heterocycles. The summed E-state index contributed by atoms with van der Waals surface area (Å²) in [4.78, 5) is 11.7. The molecule has 0 aliphatic rings. The van der Waals surface area contributed by atoms with Crippen LogP contribution in [0.4, 0.5) is 0 Å². The van der Waals surface area contributed by atoms with Gasteiger partial charge in [0.2, 0.25) is 0 Å². The highest BCUT2D eigenvalue weighted by Crippen LogP contribution is 2.36. The number of sulfone groups is 1. The molecule has 0 spiro atoms. The van der Waals surface area contributed by atoms with Gasteiger partial charge in [0.1, 0.15) is 17.2 Å². The lowest BCUT2D eigenvalue weighted by molar-refractivity contribution is 0.0600. The van der Waals surface area contributed by atoms with E-state index in [0.717, 1.165) is 11.8 Å². The van der Waals surface area contributed by atoms with E-state index in [9.17, 15) is 13.2 Å². The van der Waals surface area contributed by atoms with Crippen molar-refractivity contribution in [3.05, 3.63) is 64.9 Å². The first kappa shape index (κ1) is 19.9. The molecule has 0 aliphatic carbocycles. The molecule has 0 amide bonds. The van der Waals surface area contributed by atoms with Crippen LogP contribution in [0, 0.1) is 0 Å². The van der Waals surface area contributed by atoms with Gasteiger partial charge in [-0.05, 0) is 12.1 Å². The Morgan fingerprint density at radius 1 is 1.18 bits per heavy atom. The Morgan fingerprint density at radius 2 is 1.89 bits per heavy atom. The molecule has 0 bridgehead atoms. The Labute approximate surface area is 166 Å². The molecule has 9 heteroatoms. The van der Waals surface area contributed by atoms with Crippen LogP contribution in [0.3, 0.4) is 0 Å². The molecule has 0 unspecified atom stereocenters. The number of aromatic nitrogens is 1. The van der Waals surface area contributed by atoms with E-state index in [1.54, 1.807) is 6.07 Å². The molecule has 2 aromatic carbocycles. The summed E-state index contributed by atoms with van der Waals surface area (Å²) in [5.74, 6) is -0.497. The zero-order chi connectivity index (χ0) is 20.3. The maximum Gasteiger partial charge on any atom is 0.339 e. The lowest BCUT2D eigenvalue weighted by atomic mass is 10.1. The van der Waals surface area contributed by atoms with Gasteiger partial charge in [-0.2, -0.15) is 0 Å². The Morgan fingerprint density at radius 3 is 2.54 bits per heavy atom. The quantitative estimate of drug-likeness (QED) is 0.559. The molecule has 0 atom stereocenters. The Balaban J connectivity index is 1.91. The van der Waals surface area contributed by atoms with Gasteiger partial charge in [0.05, 0.1) is 17.7 Å². The second-order valence-electron chi connectivity index (χ2n) is 5.85. The fourth-order valence-electron chi connectivity index (χ4n) is 2.50. The number of ether oxygens (including phenoxy) is 2. The van der Waals surface area contributed by atoms with E-state index in [0.29, 0.717) is 11.5 Å². The number of hydrogen-bond donors (Lipinski definition) is 0. The zero-order valence-corrected chi connectivity index (χ0v) is 16.6. The highest BCUT2D eigenvalue weighted by atomic mass is 35.5. The molecule has 0 N–H and O–H groups in total. The van der Waals surface area contributed by atoms with Gasteiger partial charge in [0.25, 0.3) is 0 Å². The monoisotopic (exact) mass is 421 g/mol. The summed E-state index contributed by atoms with van der Waals surface area (Å²) in [6.07, 6.45) is 1.02. The van der Waals surface area contributed by atoms with Crippen LogP contribution in [0.15, 0.2) is 57.9 Å². The van der Waals surface area contributed by atoms with Gasteiger partial charge in [-0.25, -0.2) is 13.2 Å². The molecular formula is C19H16ClNO6S. The molecule has 146 valence electrons. The van der Waals surface area contributed by atoms with Crippen molar-refractivity contribution in [3.63, 3.8) is 0 Å². The first-order valence-electron chi connectivity index (χ1n) is 8.06. The number of methoxy groups -OCH3 is 1. The van der Waals surface area contributed by atoms with Gasteiger partial charge in [-0.15, -0.1) is 0 Å². The molecule has 7 nitrogen and oxygen atoms in total. The van der Waals surface area contributed by atoms with Crippen molar-refractivity contribution in [2.24, 2.45) is 0 Å². The van der Waals surface area contributed by atoms with Crippen LogP contribution in [0.25, 0.3) is 11.3 Å². The lowest BCUT2D eigenvalue weighted by Crippen LogP contribution is -2.08. The number of benzene rings is 2. The maximum atomic E-state index is 12.1. The van der Waals surface area contributed by atoms with E-state index >= 15 is 0 Å². The third kappa shape index (κ3) is 4.18. The first-order valence-corrected chi connectivity index (χ1v) is 10.3. The molecule has 0 saturated carbocycles. The lowest BCUT2D eigenvalue weighted by Gasteiger charge is -2.13. The average Bonchev–Trinajstić information content (AvgIpc) is 3.15.